The molecule has 0 saturated carbocycles. The zero-order valence-electron chi connectivity index (χ0n) is 12.9. The molecule has 0 N–H and O–H groups in total. The minimum atomic E-state index is 0.481. The Morgan fingerprint density at radius 1 is 1.00 bits per heavy atom. The Morgan fingerprint density at radius 3 is 2.54 bits per heavy atom. The van der Waals surface area contributed by atoms with Crippen molar-refractivity contribution in [3.05, 3.63) is 60.8 Å². The molecule has 0 saturated heterocycles. The second kappa shape index (κ2) is 5.96. The van der Waals surface area contributed by atoms with E-state index in [-0.39, 0.29) is 0 Å². The van der Waals surface area contributed by atoms with Gasteiger partial charge in [-0.2, -0.15) is 4.68 Å². The van der Waals surface area contributed by atoms with Crippen molar-refractivity contribution in [2.45, 2.75) is 0 Å². The molecule has 0 aliphatic rings. The van der Waals surface area contributed by atoms with Crippen LogP contribution in [0.4, 0.5) is 0 Å². The van der Waals surface area contributed by atoms with Crippen molar-refractivity contribution in [3.63, 3.8) is 0 Å². The number of aromatic nitrogens is 6. The quantitative estimate of drug-likeness (QED) is 0.575. The van der Waals surface area contributed by atoms with Gasteiger partial charge in [0.2, 0.25) is 0 Å². The summed E-state index contributed by atoms with van der Waals surface area (Å²) in [5.41, 5.74) is 2.57. The van der Waals surface area contributed by atoms with Crippen LogP contribution in [0.3, 0.4) is 0 Å². The third kappa shape index (κ3) is 2.52. The van der Waals surface area contributed by atoms with Gasteiger partial charge in [0, 0.05) is 0 Å². The first-order valence-corrected chi connectivity index (χ1v) is 7.33. The molecular formula is C17H13N6O-. The normalized spacial score (nSPS) is 10.7. The van der Waals surface area contributed by atoms with Crippen molar-refractivity contribution in [1.29, 1.82) is 0 Å². The molecule has 0 spiro atoms. The van der Waals surface area contributed by atoms with Crippen LogP contribution in [-0.2, 0) is 0 Å². The molecule has 0 aliphatic carbocycles. The number of ether oxygens (including phenoxy) is 1. The summed E-state index contributed by atoms with van der Waals surface area (Å²) in [5.74, 6) is 1.78. The lowest BCUT2D eigenvalue weighted by atomic mass is 10.2. The molecule has 0 amide bonds. The van der Waals surface area contributed by atoms with Crippen molar-refractivity contribution >= 4 is 0 Å². The summed E-state index contributed by atoms with van der Waals surface area (Å²) < 4.78 is 6.79. The molecule has 0 unspecified atom stereocenters. The highest BCUT2D eigenvalue weighted by molar-refractivity contribution is 5.62. The fraction of sp³-hybridized carbons (Fsp3) is 0.0588. The fourth-order valence-corrected chi connectivity index (χ4v) is 2.37. The maximum absolute atomic E-state index is 5.17. The van der Waals surface area contributed by atoms with E-state index in [0.717, 1.165) is 22.7 Å². The third-order valence-corrected chi connectivity index (χ3v) is 3.59. The van der Waals surface area contributed by atoms with Gasteiger partial charge in [0.25, 0.3) is 0 Å². The van der Waals surface area contributed by atoms with Gasteiger partial charge >= 0.3 is 0 Å². The molecule has 24 heavy (non-hydrogen) atoms. The summed E-state index contributed by atoms with van der Waals surface area (Å²) in [7, 11) is 1.64. The number of benzene rings is 2. The lowest BCUT2D eigenvalue weighted by molar-refractivity contribution is 0.415. The van der Waals surface area contributed by atoms with Crippen molar-refractivity contribution in [2.75, 3.05) is 7.11 Å². The summed E-state index contributed by atoms with van der Waals surface area (Å²) >= 11 is 0. The monoisotopic (exact) mass is 317 g/mol. The predicted octanol–water partition coefficient (Wildman–Crippen LogP) is 2.36. The first kappa shape index (κ1) is 14.1. The number of rotatable bonds is 4. The summed E-state index contributed by atoms with van der Waals surface area (Å²) in [6, 6.07) is 17.3. The molecule has 2 aromatic carbocycles. The molecule has 7 nitrogen and oxygen atoms in total. The van der Waals surface area contributed by atoms with Crippen molar-refractivity contribution in [2.24, 2.45) is 0 Å². The van der Waals surface area contributed by atoms with Gasteiger partial charge in [0.05, 0.1) is 12.8 Å². The Balaban J connectivity index is 1.70. The average Bonchev–Trinajstić information content (AvgIpc) is 3.32. The molecule has 2 heterocycles. The highest BCUT2D eigenvalue weighted by Gasteiger charge is 2.08. The molecule has 4 aromatic rings. The van der Waals surface area contributed by atoms with Gasteiger partial charge in [-0.15, -0.1) is 5.10 Å². The second-order valence-corrected chi connectivity index (χ2v) is 5.06. The van der Waals surface area contributed by atoms with Crippen LogP contribution in [0.5, 0.6) is 5.75 Å². The van der Waals surface area contributed by atoms with E-state index < -0.39 is 0 Å². The fourth-order valence-electron chi connectivity index (χ4n) is 2.37. The summed E-state index contributed by atoms with van der Waals surface area (Å²) in [6.07, 6.45) is 1.71. The van der Waals surface area contributed by atoms with Crippen molar-refractivity contribution in [3.8, 4) is 34.3 Å². The SMILES string of the molecule is COc1ccc(-c2c[n-]c(-c3nnnn3-c3ccccc3)n2)cc1. The first-order valence-electron chi connectivity index (χ1n) is 7.33. The van der Waals surface area contributed by atoms with Crippen LogP contribution >= 0.6 is 0 Å². The highest BCUT2D eigenvalue weighted by atomic mass is 16.5. The lowest BCUT2D eigenvalue weighted by Gasteiger charge is -2.07. The van der Waals surface area contributed by atoms with Gasteiger partial charge in [0.15, 0.2) is 5.82 Å². The van der Waals surface area contributed by atoms with E-state index in [2.05, 4.69) is 25.5 Å². The van der Waals surface area contributed by atoms with E-state index >= 15 is 0 Å². The summed E-state index contributed by atoms with van der Waals surface area (Å²) in [6.45, 7) is 0. The van der Waals surface area contributed by atoms with Crippen LogP contribution < -0.4 is 9.72 Å². The second-order valence-electron chi connectivity index (χ2n) is 5.06. The minimum absolute atomic E-state index is 0.481. The smallest absolute Gasteiger partial charge is 0.179 e. The van der Waals surface area contributed by atoms with E-state index in [1.807, 2.05) is 54.6 Å². The number of imidazole rings is 1. The van der Waals surface area contributed by atoms with Gasteiger partial charge in [-0.1, -0.05) is 36.5 Å². The van der Waals surface area contributed by atoms with Gasteiger partial charge in [-0.25, -0.2) is 0 Å². The Hall–Kier alpha value is -3.48. The lowest BCUT2D eigenvalue weighted by Crippen LogP contribution is -2.00. The number of tetrazole rings is 1. The maximum Gasteiger partial charge on any atom is 0.179 e. The number of para-hydroxylation sites is 1. The summed E-state index contributed by atoms with van der Waals surface area (Å²) in [4.78, 5) is 8.91. The molecule has 2 aromatic heterocycles. The van der Waals surface area contributed by atoms with Crippen LogP contribution in [0.2, 0.25) is 0 Å². The zero-order chi connectivity index (χ0) is 16.4. The van der Waals surface area contributed by atoms with Gasteiger partial charge in [-0.05, 0) is 51.8 Å². The van der Waals surface area contributed by atoms with Gasteiger partial charge in [-0.3, -0.25) is 0 Å². The third-order valence-electron chi connectivity index (χ3n) is 3.59. The Bertz CT molecular complexity index is 943. The van der Waals surface area contributed by atoms with Crippen LogP contribution in [0.1, 0.15) is 0 Å². The molecule has 0 bridgehead atoms. The van der Waals surface area contributed by atoms with E-state index in [1.165, 1.54) is 0 Å². The van der Waals surface area contributed by atoms with Gasteiger partial charge in [0.1, 0.15) is 5.75 Å². The van der Waals surface area contributed by atoms with Gasteiger partial charge < -0.3 is 14.7 Å². The topological polar surface area (TPSA) is 79.8 Å². The van der Waals surface area contributed by atoms with E-state index in [9.17, 15) is 0 Å². The standard InChI is InChI=1S/C17H13N6O/c1-24-14-9-7-12(8-10-14)15-11-18-16(19-15)17-20-21-22-23(17)13-5-3-2-4-6-13/h2-11H,1H3/q-1. The molecular weight excluding hydrogens is 304 g/mol. The Kier molecular flexibility index (Phi) is 3.51. The largest absolute Gasteiger partial charge is 0.497 e. The molecule has 0 radical (unpaired) electrons. The van der Waals surface area contributed by atoms with Crippen LogP contribution in [0.25, 0.3) is 28.6 Å². The number of nitrogens with zero attached hydrogens (tertiary/aromatic N) is 6. The van der Waals surface area contributed by atoms with E-state index in [1.54, 1.807) is 18.0 Å². The molecule has 7 heteroatoms. The Labute approximate surface area is 137 Å². The molecule has 0 aliphatic heterocycles. The van der Waals surface area contributed by atoms with Crippen molar-refractivity contribution in [1.82, 2.24) is 30.2 Å². The first-order chi connectivity index (χ1) is 11.8. The van der Waals surface area contributed by atoms with Crippen LogP contribution in [-0.4, -0.2) is 32.3 Å². The average molecular weight is 317 g/mol. The van der Waals surface area contributed by atoms with E-state index in [4.69, 9.17) is 4.74 Å². The Morgan fingerprint density at radius 2 is 1.79 bits per heavy atom. The highest BCUT2D eigenvalue weighted by Crippen LogP contribution is 2.23. The summed E-state index contributed by atoms with van der Waals surface area (Å²) in [5, 5.41) is 11.8. The number of hydrogen-bond acceptors (Lipinski definition) is 5. The maximum atomic E-state index is 5.17. The minimum Gasteiger partial charge on any atom is -0.497 e. The predicted molar refractivity (Wildman–Crippen MR) is 87.7 cm³/mol. The number of methoxy groups -OCH3 is 1. The molecule has 0 atom stereocenters. The number of hydrogen-bond donors (Lipinski definition) is 0. The van der Waals surface area contributed by atoms with Crippen LogP contribution in [0.15, 0.2) is 60.8 Å². The molecule has 118 valence electrons. The van der Waals surface area contributed by atoms with E-state index in [0.29, 0.717) is 11.6 Å². The molecule has 0 fully saturated rings. The molecule has 4 rings (SSSR count). The zero-order valence-corrected chi connectivity index (χ0v) is 12.9. The van der Waals surface area contributed by atoms with Crippen LogP contribution in [0, 0.1) is 0 Å². The van der Waals surface area contributed by atoms with Crippen molar-refractivity contribution < 1.29 is 4.74 Å².